The molecular weight excluding hydrogens is 328 g/mol. The third-order valence-corrected chi connectivity index (χ3v) is 3.85. The van der Waals surface area contributed by atoms with Gasteiger partial charge in [-0.05, 0) is 50.6 Å². The number of nitrogens with two attached hydrogens (primary N) is 1. The van der Waals surface area contributed by atoms with Gasteiger partial charge in [0, 0.05) is 25.3 Å². The first-order valence-electron chi connectivity index (χ1n) is 9.02. The topological polar surface area (TPSA) is 79.6 Å². The molecule has 0 unspecified atom stereocenters. The zero-order valence-corrected chi connectivity index (χ0v) is 15.7. The highest BCUT2D eigenvalue weighted by Crippen LogP contribution is 2.38. The lowest BCUT2D eigenvalue weighted by atomic mass is 10.1. The van der Waals surface area contributed by atoms with E-state index in [9.17, 15) is 4.79 Å². The van der Waals surface area contributed by atoms with Crippen LogP contribution in [0.5, 0.6) is 0 Å². The Hall–Kier alpha value is -2.73. The monoisotopic (exact) mass is 356 g/mol. The third kappa shape index (κ3) is 4.46. The number of hydrogen-bond acceptors (Lipinski definition) is 5. The third-order valence-electron chi connectivity index (χ3n) is 3.85. The number of carbonyl (C=O) groups excluding carboxylic acids is 1. The highest BCUT2D eigenvalue weighted by Gasteiger charge is 2.25. The van der Waals surface area contributed by atoms with Gasteiger partial charge in [-0.1, -0.05) is 18.2 Å². The SMILES string of the molecule is CCNc1cc(CN)c(N(C(=O)OCC)c2ccccc2)c(NCC)c1. The summed E-state index contributed by atoms with van der Waals surface area (Å²) < 4.78 is 5.33. The Balaban J connectivity index is 2.67. The quantitative estimate of drug-likeness (QED) is 0.657. The Kier molecular flexibility index (Phi) is 7.29. The second-order valence-electron chi connectivity index (χ2n) is 5.67. The molecule has 0 bridgehead atoms. The van der Waals surface area contributed by atoms with Gasteiger partial charge >= 0.3 is 6.09 Å². The van der Waals surface area contributed by atoms with E-state index in [-0.39, 0.29) is 0 Å². The van der Waals surface area contributed by atoms with Gasteiger partial charge in [-0.3, -0.25) is 0 Å². The summed E-state index contributed by atoms with van der Waals surface area (Å²) >= 11 is 0. The summed E-state index contributed by atoms with van der Waals surface area (Å²) in [6, 6.07) is 13.4. The molecule has 0 radical (unpaired) electrons. The van der Waals surface area contributed by atoms with Gasteiger partial charge in [0.1, 0.15) is 0 Å². The Labute approximate surface area is 155 Å². The first-order valence-corrected chi connectivity index (χ1v) is 9.02. The van der Waals surface area contributed by atoms with Crippen molar-refractivity contribution in [2.45, 2.75) is 27.3 Å². The van der Waals surface area contributed by atoms with Gasteiger partial charge in [-0.2, -0.15) is 0 Å². The normalized spacial score (nSPS) is 10.3. The van der Waals surface area contributed by atoms with Crippen LogP contribution in [0, 0.1) is 0 Å². The van der Waals surface area contributed by atoms with Crippen molar-refractivity contribution in [1.82, 2.24) is 0 Å². The molecule has 0 fully saturated rings. The van der Waals surface area contributed by atoms with Crippen molar-refractivity contribution in [3.8, 4) is 0 Å². The van der Waals surface area contributed by atoms with Gasteiger partial charge in [-0.25, -0.2) is 9.69 Å². The van der Waals surface area contributed by atoms with Crippen molar-refractivity contribution < 1.29 is 9.53 Å². The van der Waals surface area contributed by atoms with Crippen LogP contribution in [0.1, 0.15) is 26.3 Å². The van der Waals surface area contributed by atoms with Crippen molar-refractivity contribution in [2.75, 3.05) is 35.2 Å². The number of ether oxygens (including phenoxy) is 1. The number of amides is 1. The highest BCUT2D eigenvalue weighted by atomic mass is 16.6. The van der Waals surface area contributed by atoms with Crippen molar-refractivity contribution in [3.05, 3.63) is 48.0 Å². The first-order chi connectivity index (χ1) is 12.7. The Morgan fingerprint density at radius 1 is 1.08 bits per heavy atom. The van der Waals surface area contributed by atoms with E-state index in [2.05, 4.69) is 10.6 Å². The van der Waals surface area contributed by atoms with Crippen LogP contribution in [0.15, 0.2) is 42.5 Å². The number of nitrogens with one attached hydrogen (secondary N) is 2. The molecule has 2 aromatic carbocycles. The van der Waals surface area contributed by atoms with Crippen LogP contribution >= 0.6 is 0 Å². The summed E-state index contributed by atoms with van der Waals surface area (Å²) in [5.41, 5.74) is 10.1. The zero-order valence-electron chi connectivity index (χ0n) is 15.7. The van der Waals surface area contributed by atoms with E-state index in [1.165, 1.54) is 0 Å². The van der Waals surface area contributed by atoms with Gasteiger partial charge in [0.15, 0.2) is 0 Å². The Morgan fingerprint density at radius 2 is 1.77 bits per heavy atom. The highest BCUT2D eigenvalue weighted by molar-refractivity contribution is 6.01. The fourth-order valence-corrected chi connectivity index (χ4v) is 2.84. The minimum absolute atomic E-state index is 0.298. The summed E-state index contributed by atoms with van der Waals surface area (Å²) in [5, 5.41) is 6.66. The molecule has 0 aliphatic rings. The molecule has 0 atom stereocenters. The van der Waals surface area contributed by atoms with Crippen molar-refractivity contribution in [1.29, 1.82) is 0 Å². The van der Waals surface area contributed by atoms with E-state index < -0.39 is 6.09 Å². The number of para-hydroxylation sites is 1. The molecule has 6 nitrogen and oxygen atoms in total. The summed E-state index contributed by atoms with van der Waals surface area (Å²) in [6.45, 7) is 7.97. The van der Waals surface area contributed by atoms with Crippen molar-refractivity contribution >= 4 is 28.8 Å². The fourth-order valence-electron chi connectivity index (χ4n) is 2.84. The molecule has 0 aliphatic heterocycles. The van der Waals surface area contributed by atoms with E-state index in [4.69, 9.17) is 10.5 Å². The fraction of sp³-hybridized carbons (Fsp3) is 0.350. The number of nitrogens with zero attached hydrogens (tertiary/aromatic N) is 1. The molecule has 2 aromatic rings. The molecule has 0 aliphatic carbocycles. The van der Waals surface area contributed by atoms with Gasteiger partial charge < -0.3 is 21.1 Å². The number of rotatable bonds is 8. The standard InChI is InChI=1S/C20H28N4O2/c1-4-22-16-12-15(14-21)19(18(13-16)23-5-2)24(20(25)26-6-3)17-10-8-7-9-11-17/h7-13,22-23H,4-6,14,21H2,1-3H3. The smallest absolute Gasteiger partial charge is 0.419 e. The second-order valence-corrected chi connectivity index (χ2v) is 5.67. The Bertz CT molecular complexity index is 719. The van der Waals surface area contributed by atoms with Crippen LogP contribution in [0.3, 0.4) is 0 Å². The van der Waals surface area contributed by atoms with Crippen LogP contribution in [0.4, 0.5) is 27.5 Å². The molecule has 1 amide bonds. The zero-order chi connectivity index (χ0) is 18.9. The summed E-state index contributed by atoms with van der Waals surface area (Å²) in [7, 11) is 0. The van der Waals surface area contributed by atoms with Crippen LogP contribution in [0.25, 0.3) is 0 Å². The molecule has 0 heterocycles. The molecule has 140 valence electrons. The van der Waals surface area contributed by atoms with Crippen LogP contribution < -0.4 is 21.3 Å². The summed E-state index contributed by atoms with van der Waals surface area (Å²) in [6.07, 6.45) is -0.427. The molecule has 4 N–H and O–H groups in total. The molecule has 26 heavy (non-hydrogen) atoms. The van der Waals surface area contributed by atoms with Gasteiger partial charge in [0.05, 0.1) is 23.7 Å². The number of benzene rings is 2. The second kappa shape index (κ2) is 9.68. The molecule has 0 saturated heterocycles. The summed E-state index contributed by atoms with van der Waals surface area (Å²) in [5.74, 6) is 0. The van der Waals surface area contributed by atoms with E-state index in [0.717, 1.165) is 41.4 Å². The minimum Gasteiger partial charge on any atom is -0.449 e. The van der Waals surface area contributed by atoms with Crippen molar-refractivity contribution in [2.24, 2.45) is 5.73 Å². The molecule has 0 spiro atoms. The molecule has 0 saturated carbocycles. The number of hydrogen-bond donors (Lipinski definition) is 3. The molecule has 6 heteroatoms. The maximum absolute atomic E-state index is 12.8. The lowest BCUT2D eigenvalue weighted by Gasteiger charge is -2.28. The van der Waals surface area contributed by atoms with E-state index in [0.29, 0.717) is 13.2 Å². The van der Waals surface area contributed by atoms with Crippen LogP contribution in [-0.4, -0.2) is 25.8 Å². The van der Waals surface area contributed by atoms with Crippen molar-refractivity contribution in [3.63, 3.8) is 0 Å². The lowest BCUT2D eigenvalue weighted by Crippen LogP contribution is -2.29. The predicted octanol–water partition coefficient (Wildman–Crippen LogP) is 4.30. The number of anilines is 4. The van der Waals surface area contributed by atoms with Crippen LogP contribution in [-0.2, 0) is 11.3 Å². The van der Waals surface area contributed by atoms with E-state index in [1.807, 2.05) is 56.3 Å². The lowest BCUT2D eigenvalue weighted by molar-refractivity contribution is 0.162. The Morgan fingerprint density at radius 3 is 2.35 bits per heavy atom. The average molecular weight is 356 g/mol. The maximum atomic E-state index is 12.8. The van der Waals surface area contributed by atoms with E-state index in [1.54, 1.807) is 11.8 Å². The van der Waals surface area contributed by atoms with Crippen LogP contribution in [0.2, 0.25) is 0 Å². The predicted molar refractivity (Wildman–Crippen MR) is 108 cm³/mol. The maximum Gasteiger partial charge on any atom is 0.419 e. The van der Waals surface area contributed by atoms with Gasteiger partial charge in [0.2, 0.25) is 0 Å². The largest absolute Gasteiger partial charge is 0.449 e. The van der Waals surface area contributed by atoms with Gasteiger partial charge in [-0.15, -0.1) is 0 Å². The summed E-state index contributed by atoms with van der Waals surface area (Å²) in [4.78, 5) is 14.4. The van der Waals surface area contributed by atoms with E-state index >= 15 is 0 Å². The molecule has 0 aromatic heterocycles. The molecule has 2 rings (SSSR count). The molecular formula is C20H28N4O2. The average Bonchev–Trinajstić information content (AvgIpc) is 2.65. The van der Waals surface area contributed by atoms with Gasteiger partial charge in [0.25, 0.3) is 0 Å². The first kappa shape index (κ1) is 19.6. The number of carbonyl (C=O) groups is 1. The minimum atomic E-state index is -0.427.